The molecule has 1 aliphatic rings. The fourth-order valence-corrected chi connectivity index (χ4v) is 4.65. The summed E-state index contributed by atoms with van der Waals surface area (Å²) in [6.45, 7) is 3.74. The van der Waals surface area contributed by atoms with Crippen LogP contribution in [0.15, 0.2) is 72.6 Å². The van der Waals surface area contributed by atoms with E-state index in [1.807, 2.05) is 66.5 Å². The highest BCUT2D eigenvalue weighted by Crippen LogP contribution is 2.33. The minimum absolute atomic E-state index is 0.187. The average molecular weight is 556 g/mol. The van der Waals surface area contributed by atoms with Crippen LogP contribution in [0.2, 0.25) is 0 Å². The molecule has 214 valence electrons. The molecule has 0 bridgehead atoms. The Labute approximate surface area is 241 Å². The van der Waals surface area contributed by atoms with E-state index in [4.69, 9.17) is 15.2 Å². The molecule has 0 unspecified atom stereocenters. The third-order valence-electron chi connectivity index (χ3n) is 7.09. The molecule has 2 heterocycles. The Morgan fingerprint density at radius 1 is 1.15 bits per heavy atom. The fraction of sp³-hybridized carbons (Fsp3) is 0.355. The van der Waals surface area contributed by atoms with Crippen molar-refractivity contribution in [3.63, 3.8) is 0 Å². The molecular weight excluding hydrogens is 518 g/mol. The van der Waals surface area contributed by atoms with E-state index in [0.717, 1.165) is 42.0 Å². The standard InChI is InChI=1S/C31H37N7O3/c1-37(18-19-40-2)15-14-25(20-32)31(39)38-16-12-23(13-17-38)21-34-30-28(29(33)35-22-36-30)24-8-10-27(11-9-24)41-26-6-4-3-5-7-26/h3-11,14,22-23H,12-13,15-19,21H2,1-2H3,(H3,33,34,35,36)/b25-14+. The van der Waals surface area contributed by atoms with Crippen LogP contribution < -0.4 is 15.8 Å². The topological polar surface area (TPSA) is 130 Å². The molecule has 0 aliphatic carbocycles. The van der Waals surface area contributed by atoms with Crippen molar-refractivity contribution in [2.45, 2.75) is 12.8 Å². The smallest absolute Gasteiger partial charge is 0.264 e. The van der Waals surface area contributed by atoms with Crippen molar-refractivity contribution in [1.82, 2.24) is 19.8 Å². The van der Waals surface area contributed by atoms with E-state index in [0.29, 0.717) is 50.3 Å². The largest absolute Gasteiger partial charge is 0.457 e. The predicted octanol–water partition coefficient (Wildman–Crippen LogP) is 4.20. The van der Waals surface area contributed by atoms with Gasteiger partial charge in [-0.3, -0.25) is 4.79 Å². The maximum atomic E-state index is 12.9. The lowest BCUT2D eigenvalue weighted by molar-refractivity contribution is -0.128. The molecule has 1 fully saturated rings. The van der Waals surface area contributed by atoms with Gasteiger partial charge in [-0.2, -0.15) is 5.26 Å². The summed E-state index contributed by atoms with van der Waals surface area (Å²) in [5.41, 5.74) is 8.09. The SMILES string of the molecule is COCCN(C)C/C=C(\C#N)C(=O)N1CCC(CNc2ncnc(N)c2-c2ccc(Oc3ccccc3)cc2)CC1. The number of carbonyl (C=O) groups excluding carboxylic acids is 1. The van der Waals surface area contributed by atoms with Crippen LogP contribution in [-0.4, -0.2) is 79.2 Å². The second kappa shape index (κ2) is 14.8. The van der Waals surface area contributed by atoms with E-state index in [1.54, 1.807) is 18.1 Å². The molecule has 3 aromatic rings. The number of hydrogen-bond acceptors (Lipinski definition) is 9. The van der Waals surface area contributed by atoms with Crippen LogP contribution in [0.25, 0.3) is 11.1 Å². The second-order valence-electron chi connectivity index (χ2n) is 10.0. The van der Waals surface area contributed by atoms with Gasteiger partial charge in [-0.25, -0.2) is 9.97 Å². The molecule has 41 heavy (non-hydrogen) atoms. The molecular formula is C31H37N7O3. The first-order chi connectivity index (χ1) is 20.0. The summed E-state index contributed by atoms with van der Waals surface area (Å²) in [5.74, 6) is 2.69. The zero-order chi connectivity index (χ0) is 29.0. The number of anilines is 2. The number of methoxy groups -OCH3 is 1. The summed E-state index contributed by atoms with van der Waals surface area (Å²) < 4.78 is 11.0. The molecule has 1 saturated heterocycles. The Morgan fingerprint density at radius 2 is 1.85 bits per heavy atom. The number of piperidine rings is 1. The highest BCUT2D eigenvalue weighted by Gasteiger charge is 2.25. The minimum Gasteiger partial charge on any atom is -0.457 e. The number of rotatable bonds is 12. The lowest BCUT2D eigenvalue weighted by Crippen LogP contribution is -2.40. The predicted molar refractivity (Wildman–Crippen MR) is 159 cm³/mol. The van der Waals surface area contributed by atoms with Gasteiger partial charge in [0.05, 0.1) is 12.2 Å². The maximum absolute atomic E-state index is 12.9. The van der Waals surface area contributed by atoms with Gasteiger partial charge in [0.25, 0.3) is 5.91 Å². The number of benzene rings is 2. The number of amides is 1. The number of carbonyl (C=O) groups is 1. The number of nitriles is 1. The van der Waals surface area contributed by atoms with E-state index in [1.165, 1.54) is 6.33 Å². The second-order valence-corrected chi connectivity index (χ2v) is 10.0. The number of nitrogens with two attached hydrogens (primary N) is 1. The summed E-state index contributed by atoms with van der Waals surface area (Å²) in [4.78, 5) is 25.4. The Morgan fingerprint density at radius 3 is 2.54 bits per heavy atom. The van der Waals surface area contributed by atoms with Crippen molar-refractivity contribution in [3.05, 3.63) is 72.6 Å². The van der Waals surface area contributed by atoms with Crippen molar-refractivity contribution in [2.75, 3.05) is 64.5 Å². The summed E-state index contributed by atoms with van der Waals surface area (Å²) in [6, 6.07) is 19.4. The third kappa shape index (κ3) is 8.27. The molecule has 0 radical (unpaired) electrons. The van der Waals surface area contributed by atoms with Crippen LogP contribution in [0, 0.1) is 17.2 Å². The van der Waals surface area contributed by atoms with Gasteiger partial charge in [0.1, 0.15) is 41.1 Å². The van der Waals surface area contributed by atoms with Gasteiger partial charge in [-0.1, -0.05) is 30.3 Å². The molecule has 10 heteroatoms. The summed E-state index contributed by atoms with van der Waals surface area (Å²) >= 11 is 0. The number of likely N-dealkylation sites (N-methyl/N-ethyl adjacent to an activating group) is 1. The molecule has 1 amide bonds. The lowest BCUT2D eigenvalue weighted by atomic mass is 9.96. The molecule has 1 aromatic heterocycles. The van der Waals surface area contributed by atoms with Crippen LogP contribution in [0.3, 0.4) is 0 Å². The number of nitrogens with zero attached hydrogens (tertiary/aromatic N) is 5. The van der Waals surface area contributed by atoms with Gasteiger partial charge in [-0.15, -0.1) is 0 Å². The zero-order valence-electron chi connectivity index (χ0n) is 23.6. The van der Waals surface area contributed by atoms with E-state index in [-0.39, 0.29) is 11.5 Å². The van der Waals surface area contributed by atoms with Gasteiger partial charge < -0.3 is 30.3 Å². The molecule has 0 atom stereocenters. The number of likely N-dealkylation sites (tertiary alicyclic amines) is 1. The minimum atomic E-state index is -0.204. The normalized spacial score (nSPS) is 14.1. The molecule has 10 nitrogen and oxygen atoms in total. The van der Waals surface area contributed by atoms with Crippen molar-refractivity contribution >= 4 is 17.5 Å². The van der Waals surface area contributed by atoms with Crippen molar-refractivity contribution < 1.29 is 14.3 Å². The molecule has 0 spiro atoms. The summed E-state index contributed by atoms with van der Waals surface area (Å²) in [7, 11) is 3.58. The number of para-hydroxylation sites is 1. The highest BCUT2D eigenvalue weighted by molar-refractivity contribution is 5.97. The van der Waals surface area contributed by atoms with Crippen LogP contribution in [0.4, 0.5) is 11.6 Å². The monoisotopic (exact) mass is 555 g/mol. The Kier molecular flexibility index (Phi) is 10.7. The van der Waals surface area contributed by atoms with E-state index >= 15 is 0 Å². The van der Waals surface area contributed by atoms with Gasteiger partial charge in [0.15, 0.2) is 0 Å². The Bertz CT molecular complexity index is 1350. The molecule has 4 rings (SSSR count). The number of nitrogen functional groups attached to an aromatic ring is 1. The number of hydrogen-bond donors (Lipinski definition) is 2. The van der Waals surface area contributed by atoms with Crippen LogP contribution in [-0.2, 0) is 9.53 Å². The van der Waals surface area contributed by atoms with E-state index < -0.39 is 0 Å². The van der Waals surface area contributed by atoms with E-state index in [9.17, 15) is 10.1 Å². The lowest BCUT2D eigenvalue weighted by Gasteiger charge is -2.32. The van der Waals surface area contributed by atoms with Gasteiger partial charge in [0, 0.05) is 39.8 Å². The first kappa shape index (κ1) is 29.5. The highest BCUT2D eigenvalue weighted by atomic mass is 16.5. The first-order valence-corrected chi connectivity index (χ1v) is 13.7. The molecule has 3 N–H and O–H groups in total. The molecule has 2 aromatic carbocycles. The number of ether oxygens (including phenoxy) is 2. The quantitative estimate of drug-likeness (QED) is 0.249. The Balaban J connectivity index is 1.32. The molecule has 1 aliphatic heterocycles. The van der Waals surface area contributed by atoms with Crippen LogP contribution >= 0.6 is 0 Å². The summed E-state index contributed by atoms with van der Waals surface area (Å²) in [5, 5.41) is 13.0. The van der Waals surface area contributed by atoms with Crippen LogP contribution in [0.5, 0.6) is 11.5 Å². The van der Waals surface area contributed by atoms with Gasteiger partial charge in [-0.05, 0) is 61.7 Å². The summed E-state index contributed by atoms with van der Waals surface area (Å²) in [6.07, 6.45) is 4.81. The van der Waals surface area contributed by atoms with Gasteiger partial charge >= 0.3 is 0 Å². The average Bonchev–Trinajstić information content (AvgIpc) is 3.00. The Hall–Kier alpha value is -4.46. The molecule has 0 saturated carbocycles. The van der Waals surface area contributed by atoms with Gasteiger partial charge in [0.2, 0.25) is 0 Å². The van der Waals surface area contributed by atoms with Crippen LogP contribution in [0.1, 0.15) is 12.8 Å². The zero-order valence-corrected chi connectivity index (χ0v) is 23.6. The maximum Gasteiger partial charge on any atom is 0.264 e. The number of aromatic nitrogens is 2. The third-order valence-corrected chi connectivity index (χ3v) is 7.09. The van der Waals surface area contributed by atoms with Crippen molar-refractivity contribution in [1.29, 1.82) is 5.26 Å². The first-order valence-electron chi connectivity index (χ1n) is 13.7. The van der Waals surface area contributed by atoms with E-state index in [2.05, 4.69) is 21.4 Å². The number of nitrogens with one attached hydrogen (secondary N) is 1. The fourth-order valence-electron chi connectivity index (χ4n) is 4.65. The van der Waals surface area contributed by atoms with Crippen molar-refractivity contribution in [3.8, 4) is 28.7 Å². The van der Waals surface area contributed by atoms with Crippen molar-refractivity contribution in [2.24, 2.45) is 5.92 Å².